The summed E-state index contributed by atoms with van der Waals surface area (Å²) in [4.78, 5) is 52.9. The van der Waals surface area contributed by atoms with Crippen molar-refractivity contribution in [3.05, 3.63) is 79.9 Å². The summed E-state index contributed by atoms with van der Waals surface area (Å²) in [5.74, 6) is -5.34. The zero-order chi connectivity index (χ0) is 54.1. The molecule has 1 aromatic rings. The minimum absolute atomic E-state index is 0.0305. The number of methoxy groups -OCH3 is 1. The predicted molar refractivity (Wildman–Crippen MR) is 264 cm³/mol. The zero-order valence-electron chi connectivity index (χ0n) is 42.9. The Morgan fingerprint density at radius 2 is 1.57 bits per heavy atom. The number of aromatic hydroxyl groups is 2. The first-order valence-corrected chi connectivity index (χ1v) is 24.7. The third-order valence-electron chi connectivity index (χ3n) is 12.9. The second-order valence-electron chi connectivity index (χ2n) is 19.2. The molecule has 4 rings (SSSR count). The van der Waals surface area contributed by atoms with Crippen LogP contribution in [0.4, 0.5) is 0 Å². The van der Waals surface area contributed by atoms with Gasteiger partial charge in [-0.1, -0.05) is 86.9 Å². The van der Waals surface area contributed by atoms with Crippen LogP contribution in [0.5, 0.6) is 11.5 Å². The topological polar surface area (TPSA) is 263 Å². The quantitative estimate of drug-likeness (QED) is 0.0705. The van der Waals surface area contributed by atoms with Crippen molar-refractivity contribution in [2.24, 2.45) is 11.8 Å². The summed E-state index contributed by atoms with van der Waals surface area (Å²) in [5, 5.41) is 65.6. The van der Waals surface area contributed by atoms with Gasteiger partial charge in [-0.2, -0.15) is 0 Å². The number of allylic oxidation sites excluding steroid dienone is 4. The van der Waals surface area contributed by atoms with Gasteiger partial charge in [0, 0.05) is 19.4 Å². The molecule has 0 radical (unpaired) electrons. The molecule has 2 fully saturated rings. The molecule has 13 atom stereocenters. The van der Waals surface area contributed by atoms with Gasteiger partial charge < -0.3 is 68.5 Å². The van der Waals surface area contributed by atoms with Crippen molar-refractivity contribution in [1.82, 2.24) is 0 Å². The monoisotopic (exact) mass is 1050 g/mol. The van der Waals surface area contributed by atoms with Crippen LogP contribution in [0.3, 0.4) is 0 Å². The van der Waals surface area contributed by atoms with Gasteiger partial charge in [0.25, 0.3) is 0 Å². The first kappa shape index (κ1) is 60.4. The fourth-order valence-electron chi connectivity index (χ4n) is 8.54. The second-order valence-corrected chi connectivity index (χ2v) is 19.9. The molecule has 18 nitrogen and oxygen atoms in total. The molecule has 0 aromatic heterocycles. The first-order chi connectivity index (χ1) is 33.7. The number of carbonyl (C=O) groups is 4. The van der Waals surface area contributed by atoms with E-state index in [1.165, 1.54) is 33.1 Å². The number of aliphatic hydroxyl groups is 4. The minimum atomic E-state index is -1.62. The van der Waals surface area contributed by atoms with Crippen molar-refractivity contribution in [2.45, 2.75) is 181 Å². The molecule has 0 saturated carbocycles. The average molecular weight is 1060 g/mol. The second kappa shape index (κ2) is 26.3. The molecule has 0 spiro atoms. The largest absolute Gasteiger partial charge is 0.505 e. The van der Waals surface area contributed by atoms with Gasteiger partial charge in [0.1, 0.15) is 40.6 Å². The molecule has 72 heavy (non-hydrogen) atoms. The summed E-state index contributed by atoms with van der Waals surface area (Å²) < 4.78 is 47.3. The molecule has 3 aliphatic rings. The van der Waals surface area contributed by atoms with Crippen LogP contribution in [0.25, 0.3) is 0 Å². The number of benzene rings is 1. The van der Waals surface area contributed by atoms with Crippen molar-refractivity contribution in [1.29, 1.82) is 0 Å². The number of halogens is 2. The van der Waals surface area contributed by atoms with Crippen molar-refractivity contribution in [3.63, 3.8) is 0 Å². The van der Waals surface area contributed by atoms with Gasteiger partial charge >= 0.3 is 17.9 Å². The molecule has 1 unspecified atom stereocenters. The molecule has 3 aliphatic heterocycles. The maximum Gasteiger partial charge on any atom is 0.342 e. The van der Waals surface area contributed by atoms with Gasteiger partial charge in [-0.15, -0.1) is 0 Å². The maximum absolute atomic E-state index is 13.9. The van der Waals surface area contributed by atoms with Crippen molar-refractivity contribution in [3.8, 4) is 11.5 Å². The fraction of sp³-hybridized carbons (Fsp3) is 0.615. The van der Waals surface area contributed by atoms with E-state index in [0.29, 0.717) is 23.1 Å². The number of hydrogen-bond acceptors (Lipinski definition) is 18. The van der Waals surface area contributed by atoms with E-state index < -0.39 is 143 Å². The number of cyclic esters (lactones) is 1. The third-order valence-corrected chi connectivity index (χ3v) is 13.6. The molecule has 20 heteroatoms. The van der Waals surface area contributed by atoms with E-state index in [1.807, 2.05) is 26.0 Å². The molecule has 0 amide bonds. The Bertz CT molecular complexity index is 2270. The minimum Gasteiger partial charge on any atom is -0.505 e. The van der Waals surface area contributed by atoms with E-state index in [9.17, 15) is 49.8 Å². The lowest BCUT2D eigenvalue weighted by Gasteiger charge is -2.47. The lowest BCUT2D eigenvalue weighted by Crippen LogP contribution is -2.64. The van der Waals surface area contributed by atoms with Crippen LogP contribution in [0.1, 0.15) is 111 Å². The molecule has 6 N–H and O–H groups in total. The zero-order valence-corrected chi connectivity index (χ0v) is 44.4. The van der Waals surface area contributed by atoms with E-state index in [-0.39, 0.29) is 35.4 Å². The Labute approximate surface area is 431 Å². The number of carbonyl (C=O) groups excluding carboxylic acids is 4. The van der Waals surface area contributed by atoms with Crippen molar-refractivity contribution >= 4 is 46.9 Å². The van der Waals surface area contributed by atoms with Crippen molar-refractivity contribution in [2.75, 3.05) is 13.7 Å². The summed E-state index contributed by atoms with van der Waals surface area (Å²) >= 11 is 12.3. The van der Waals surface area contributed by atoms with Crippen LogP contribution in [0, 0.1) is 11.8 Å². The summed E-state index contributed by atoms with van der Waals surface area (Å²) in [5.41, 5.74) is 0.184. The molecule has 402 valence electrons. The molecule has 2 saturated heterocycles. The van der Waals surface area contributed by atoms with E-state index in [1.54, 1.807) is 60.6 Å². The van der Waals surface area contributed by atoms with Gasteiger partial charge in [0.05, 0.1) is 41.4 Å². The average Bonchev–Trinajstić information content (AvgIpc) is 3.32. The number of Topliss-reactive ketones (excluding diaryl/α,β-unsaturated/α-hetero) is 1. The Morgan fingerprint density at radius 1 is 0.903 bits per heavy atom. The Hall–Kier alpha value is -4.18. The number of esters is 3. The summed E-state index contributed by atoms with van der Waals surface area (Å²) in [6, 6.07) is 0. The Kier molecular flexibility index (Phi) is 22.1. The van der Waals surface area contributed by atoms with Crippen molar-refractivity contribution < 1.29 is 87.7 Å². The molecular formula is C52H72Cl2O18. The van der Waals surface area contributed by atoms with Crippen LogP contribution in [0.2, 0.25) is 10.0 Å². The number of hydrogen-bond donors (Lipinski definition) is 6. The molecule has 0 bridgehead atoms. The van der Waals surface area contributed by atoms with Gasteiger partial charge in [0.2, 0.25) is 0 Å². The standard InChI is InChI=1S/C52H72Cl2O18/c1-13-30-22-26(6)33(56)18-16-15-17-31(23-66-51-45(65-12)42(61)44(29(9)67-51)69-49(64)35-32(14-2)36(53)39(58)37(54)38(35)57)48(63)68-34(28(8)55)20-19-25(5)21-27(7)43(30)70-50-41(60)40(59)46(52(10,11)72-50)71-47(62)24(3)4/h15-17,19,21-22,24,29-30,33-34,40-46,50-51,56-61H,13-14,18,20,23H2,1-12H3/t29-,30+,33+,34+,40-,41+,42+,43+,44-,45+,46+,50-,51?/m1/s1. The first-order valence-electron chi connectivity index (χ1n) is 24.0. The van der Waals surface area contributed by atoms with Gasteiger partial charge in [-0.3, -0.25) is 9.59 Å². The summed E-state index contributed by atoms with van der Waals surface area (Å²) in [6.45, 7) is 17.7. The highest BCUT2D eigenvalue weighted by molar-refractivity contribution is 6.39. The lowest BCUT2D eigenvalue weighted by molar-refractivity contribution is -0.333. The highest BCUT2D eigenvalue weighted by atomic mass is 35.5. The Morgan fingerprint density at radius 3 is 2.17 bits per heavy atom. The molecular weight excluding hydrogens is 983 g/mol. The predicted octanol–water partition coefficient (Wildman–Crippen LogP) is 6.44. The van der Waals surface area contributed by atoms with Crippen LogP contribution >= 0.6 is 23.2 Å². The number of ketones is 1. The van der Waals surface area contributed by atoms with E-state index in [4.69, 9.17) is 61.1 Å². The van der Waals surface area contributed by atoms with Gasteiger partial charge in [-0.05, 0) is 90.5 Å². The van der Waals surface area contributed by atoms with Crippen LogP contribution in [-0.4, -0.2) is 147 Å². The fourth-order valence-corrected chi connectivity index (χ4v) is 9.10. The summed E-state index contributed by atoms with van der Waals surface area (Å²) in [7, 11) is 1.25. The van der Waals surface area contributed by atoms with Crippen LogP contribution < -0.4 is 0 Å². The van der Waals surface area contributed by atoms with Crippen LogP contribution in [0.15, 0.2) is 58.7 Å². The molecule has 0 aliphatic carbocycles. The SMILES string of the molecule is CCc1c(Cl)c(O)c(Cl)c(O)c1C(=O)O[C@H]1[C@H](O)[C@H](OC)C(OCC2=CC=CC[C@H](O)C(C)=C[C@H](CC)[C@@H](O[C@@H]3OC(C)(C)[C@@H](OC(=O)C(C)C)[C@H](O)[C@@H]3O)C(C)=CC(C)=CC[C@@H](C(C)=O)OC2=O)O[C@@H]1C. The number of aliphatic hydroxyl groups excluding tert-OH is 4. The highest BCUT2D eigenvalue weighted by Gasteiger charge is 2.53. The summed E-state index contributed by atoms with van der Waals surface area (Å²) in [6.07, 6.45) is -4.94. The Balaban J connectivity index is 1.61. The highest BCUT2D eigenvalue weighted by Crippen LogP contribution is 2.45. The number of phenols is 2. The molecule has 1 aromatic carbocycles. The van der Waals surface area contributed by atoms with Crippen LogP contribution in [-0.2, 0) is 58.7 Å². The normalized spacial score (nSPS) is 31.0. The maximum atomic E-state index is 13.9. The molecule has 3 heterocycles. The lowest BCUT2D eigenvalue weighted by atomic mass is 9.88. The number of rotatable bonds is 13. The number of phenolic OH excluding ortho intramolecular Hbond substituents is 2. The smallest absolute Gasteiger partial charge is 0.342 e. The van der Waals surface area contributed by atoms with E-state index in [2.05, 4.69) is 0 Å². The number of ether oxygens (including phenoxy) is 8. The van der Waals surface area contributed by atoms with Gasteiger partial charge in [-0.25, -0.2) is 9.59 Å². The van der Waals surface area contributed by atoms with E-state index in [0.717, 1.165) is 0 Å². The van der Waals surface area contributed by atoms with Gasteiger partial charge in [0.15, 0.2) is 48.2 Å². The van der Waals surface area contributed by atoms with E-state index >= 15 is 0 Å². The third kappa shape index (κ3) is 14.6.